The van der Waals surface area contributed by atoms with Crippen LogP contribution >= 0.6 is 12.4 Å². The van der Waals surface area contributed by atoms with Crippen molar-refractivity contribution in [1.29, 1.82) is 0 Å². The first-order valence-corrected chi connectivity index (χ1v) is 4.37. The molecule has 3 heteroatoms. The zero-order valence-corrected chi connectivity index (χ0v) is 8.70. The molecule has 1 saturated heterocycles. The van der Waals surface area contributed by atoms with Crippen molar-refractivity contribution in [1.82, 2.24) is 5.32 Å². The van der Waals surface area contributed by atoms with E-state index in [-0.39, 0.29) is 54.2 Å². The maximum atomic E-state index is 7.88. The molecule has 1 aromatic rings. The lowest BCUT2D eigenvalue weighted by molar-refractivity contribution is -0.000221. The monoisotopic (exact) mass is 218 g/mol. The zero-order chi connectivity index (χ0) is 13.4. The van der Waals surface area contributed by atoms with Gasteiger partial charge in [0.25, 0.3) is 0 Å². The van der Waals surface area contributed by atoms with Crippen LogP contribution in [0.4, 0.5) is 0 Å². The van der Waals surface area contributed by atoms with E-state index in [1.54, 1.807) is 0 Å². The van der Waals surface area contributed by atoms with Gasteiger partial charge in [0.15, 0.2) is 0 Å². The second-order valence-corrected chi connectivity index (χ2v) is 3.07. The Balaban J connectivity index is 0.00000180. The molecule has 1 heterocycles. The molecule has 0 saturated carbocycles. The van der Waals surface area contributed by atoms with E-state index >= 15 is 0 Å². The van der Waals surface area contributed by atoms with E-state index in [9.17, 15) is 0 Å². The van der Waals surface area contributed by atoms with Gasteiger partial charge in [-0.05, 0) is 12.5 Å². The number of hydrogen-bond donors (Lipinski definition) is 1. The van der Waals surface area contributed by atoms with Gasteiger partial charge in [0, 0.05) is 12.6 Å². The third-order valence-electron chi connectivity index (χ3n) is 2.12. The molecule has 0 amide bonds. The normalized spacial score (nSPS) is 31.6. The number of halogens is 1. The Morgan fingerprint density at radius 3 is 2.79 bits per heavy atom. The summed E-state index contributed by atoms with van der Waals surface area (Å²) >= 11 is 0. The van der Waals surface area contributed by atoms with Crippen LogP contribution < -0.4 is 5.32 Å². The molecule has 2 unspecified atom stereocenters. The summed E-state index contributed by atoms with van der Waals surface area (Å²) < 4.78 is 44.1. The first-order chi connectivity index (χ1) is 8.45. The molecule has 0 bridgehead atoms. The van der Waals surface area contributed by atoms with E-state index in [0.717, 1.165) is 0 Å². The fraction of sp³-hybridized carbons (Fsp3) is 0.455. The van der Waals surface area contributed by atoms with Gasteiger partial charge < -0.3 is 10.1 Å². The molecule has 1 aliphatic heterocycles. The van der Waals surface area contributed by atoms with Crippen molar-refractivity contribution in [3.05, 3.63) is 35.8 Å². The first-order valence-electron chi connectivity index (χ1n) is 6.87. The lowest BCUT2D eigenvalue weighted by atomic mass is 10.0. The number of hydrogen-bond acceptors (Lipinski definition) is 2. The topological polar surface area (TPSA) is 21.3 Å². The summed E-state index contributed by atoms with van der Waals surface area (Å²) in [6.07, 6.45) is -0.507. The molecular weight excluding hydrogens is 198 g/mol. The zero-order valence-electron chi connectivity index (χ0n) is 12.9. The lowest BCUT2D eigenvalue weighted by Gasteiger charge is -2.30. The molecular formula is C11H16ClNO. The van der Waals surface area contributed by atoms with Gasteiger partial charge in [-0.15, -0.1) is 12.4 Å². The molecule has 2 atom stereocenters. The summed E-state index contributed by atoms with van der Waals surface area (Å²) in [6, 6.07) is -1.43. The molecule has 1 N–H and O–H groups in total. The van der Waals surface area contributed by atoms with Gasteiger partial charge in [-0.1, -0.05) is 30.2 Å². The Bertz CT molecular complexity index is 456. The minimum atomic E-state index is -0.507. The smallest absolute Gasteiger partial charge is 0.0975 e. The second-order valence-electron chi connectivity index (χ2n) is 3.07. The highest BCUT2D eigenvalue weighted by atomic mass is 35.5. The van der Waals surface area contributed by atoms with Crippen LogP contribution in [-0.4, -0.2) is 19.2 Å². The molecule has 0 aliphatic carbocycles. The van der Waals surface area contributed by atoms with Crippen molar-refractivity contribution in [2.75, 3.05) is 13.2 Å². The van der Waals surface area contributed by atoms with Gasteiger partial charge in [0.2, 0.25) is 0 Å². The minimum Gasteiger partial charge on any atom is -0.371 e. The van der Waals surface area contributed by atoms with E-state index in [1.165, 1.54) is 0 Å². The third-order valence-corrected chi connectivity index (χ3v) is 2.12. The Labute approximate surface area is 98.1 Å². The second kappa shape index (κ2) is 5.35. The van der Waals surface area contributed by atoms with Crippen molar-refractivity contribution in [2.24, 2.45) is 0 Å². The highest BCUT2D eigenvalue weighted by Crippen LogP contribution is 2.22. The molecule has 2 nitrogen and oxygen atoms in total. The van der Waals surface area contributed by atoms with Gasteiger partial charge in [-0.25, -0.2) is 0 Å². The Morgan fingerprint density at radius 1 is 1.43 bits per heavy atom. The summed E-state index contributed by atoms with van der Waals surface area (Å²) in [6.45, 7) is 3.05. The number of morpholine rings is 1. The molecule has 14 heavy (non-hydrogen) atoms. The van der Waals surface area contributed by atoms with Crippen LogP contribution in [0.1, 0.15) is 25.4 Å². The molecule has 0 spiro atoms. The maximum absolute atomic E-state index is 7.88. The van der Waals surface area contributed by atoms with E-state index in [0.29, 0.717) is 13.2 Å². The number of ether oxygens (including phenoxy) is 1. The van der Waals surface area contributed by atoms with Gasteiger partial charge in [-0.2, -0.15) is 0 Å². The van der Waals surface area contributed by atoms with Gasteiger partial charge >= 0.3 is 0 Å². The van der Waals surface area contributed by atoms with Crippen molar-refractivity contribution in [2.45, 2.75) is 19.1 Å². The van der Waals surface area contributed by atoms with Crippen LogP contribution in [-0.2, 0) is 4.74 Å². The van der Waals surface area contributed by atoms with Crippen LogP contribution in [0.2, 0.25) is 0 Å². The SMILES string of the molecule is Cl.[2H]c1c([2H])c([2H])c(C2OCCNC2C)c([2H])c1[2H]. The van der Waals surface area contributed by atoms with E-state index < -0.39 is 6.10 Å². The third kappa shape index (κ3) is 2.47. The van der Waals surface area contributed by atoms with Gasteiger partial charge in [0.05, 0.1) is 19.6 Å². The number of benzene rings is 1. The Kier molecular flexibility index (Phi) is 2.33. The average molecular weight is 219 g/mol. The quantitative estimate of drug-likeness (QED) is 0.780. The Hall–Kier alpha value is -0.570. The average Bonchev–Trinajstić information content (AvgIpc) is 2.36. The highest BCUT2D eigenvalue weighted by molar-refractivity contribution is 5.85. The Morgan fingerprint density at radius 2 is 2.14 bits per heavy atom. The van der Waals surface area contributed by atoms with Crippen LogP contribution in [0.15, 0.2) is 30.2 Å². The standard InChI is InChI=1S/C11H15NO.ClH/c1-9-11(13-8-7-12-9)10-5-3-2-4-6-10;/h2-6,9,11-12H,7-8H2,1H3;1H/i2D,3D,4D,5D,6D;. The summed E-state index contributed by atoms with van der Waals surface area (Å²) in [4.78, 5) is 0. The number of rotatable bonds is 1. The van der Waals surface area contributed by atoms with Crippen LogP contribution in [0.5, 0.6) is 0 Å². The van der Waals surface area contributed by atoms with Crippen molar-refractivity contribution < 1.29 is 11.6 Å². The predicted octanol–water partition coefficient (Wildman–Crippen LogP) is 2.16. The fourth-order valence-electron chi connectivity index (χ4n) is 1.46. The fourth-order valence-corrected chi connectivity index (χ4v) is 1.46. The van der Waals surface area contributed by atoms with E-state index in [4.69, 9.17) is 11.6 Å². The lowest BCUT2D eigenvalue weighted by Crippen LogP contribution is -2.41. The molecule has 0 aromatic heterocycles. The molecule has 1 aromatic carbocycles. The van der Waals surface area contributed by atoms with Crippen LogP contribution in [0.25, 0.3) is 0 Å². The maximum Gasteiger partial charge on any atom is 0.0975 e. The summed E-state index contributed by atoms with van der Waals surface area (Å²) in [7, 11) is 0. The summed E-state index contributed by atoms with van der Waals surface area (Å²) in [5.74, 6) is 0. The van der Waals surface area contributed by atoms with Crippen LogP contribution in [0.3, 0.4) is 0 Å². The molecule has 1 aliphatic rings. The van der Waals surface area contributed by atoms with Gasteiger partial charge in [0.1, 0.15) is 0 Å². The molecule has 78 valence electrons. The molecule has 0 radical (unpaired) electrons. The summed E-state index contributed by atoms with van der Waals surface area (Å²) in [5.41, 5.74) is 0.237. The van der Waals surface area contributed by atoms with Crippen LogP contribution in [0, 0.1) is 0 Å². The van der Waals surface area contributed by atoms with Crippen molar-refractivity contribution >= 4 is 12.4 Å². The van der Waals surface area contributed by atoms with E-state index in [1.807, 2.05) is 6.92 Å². The molecule has 1 fully saturated rings. The highest BCUT2D eigenvalue weighted by Gasteiger charge is 2.22. The first kappa shape index (κ1) is 6.11. The van der Waals surface area contributed by atoms with Crippen molar-refractivity contribution in [3.8, 4) is 0 Å². The molecule has 2 rings (SSSR count). The van der Waals surface area contributed by atoms with E-state index in [2.05, 4.69) is 5.32 Å². The van der Waals surface area contributed by atoms with Crippen molar-refractivity contribution in [3.63, 3.8) is 0 Å². The minimum absolute atomic E-state index is 0. The largest absolute Gasteiger partial charge is 0.371 e. The predicted molar refractivity (Wildman–Crippen MR) is 59.8 cm³/mol. The number of nitrogens with one attached hydrogen (secondary N) is 1. The van der Waals surface area contributed by atoms with Gasteiger partial charge in [-0.3, -0.25) is 0 Å². The summed E-state index contributed by atoms with van der Waals surface area (Å²) in [5, 5.41) is 3.18.